The molecule has 0 heterocycles. The molecule has 5 nitrogen and oxygen atoms in total. The van der Waals surface area contributed by atoms with Gasteiger partial charge in [0.2, 0.25) is 11.8 Å². The van der Waals surface area contributed by atoms with Crippen molar-refractivity contribution in [2.75, 3.05) is 18.0 Å². The van der Waals surface area contributed by atoms with Crippen LogP contribution in [0.4, 0.5) is 5.69 Å². The van der Waals surface area contributed by atoms with Crippen molar-refractivity contribution in [3.8, 4) is 6.07 Å². The van der Waals surface area contributed by atoms with Crippen molar-refractivity contribution < 1.29 is 9.59 Å². The van der Waals surface area contributed by atoms with Crippen LogP contribution >= 0.6 is 0 Å². The average molecular weight is 287 g/mol. The molecule has 0 spiro atoms. The van der Waals surface area contributed by atoms with Crippen LogP contribution in [0.3, 0.4) is 0 Å². The molecule has 0 radical (unpaired) electrons. The molecular formula is C16H21N3O2. The van der Waals surface area contributed by atoms with Crippen LogP contribution in [-0.2, 0) is 9.59 Å². The van der Waals surface area contributed by atoms with Crippen molar-refractivity contribution in [3.63, 3.8) is 0 Å². The minimum absolute atomic E-state index is 0.0394. The third kappa shape index (κ3) is 5.65. The van der Waals surface area contributed by atoms with Crippen LogP contribution in [0.5, 0.6) is 0 Å². The van der Waals surface area contributed by atoms with Gasteiger partial charge in [-0.15, -0.1) is 0 Å². The first kappa shape index (κ1) is 16.7. The molecule has 0 saturated heterocycles. The van der Waals surface area contributed by atoms with Crippen molar-refractivity contribution in [2.45, 2.75) is 27.2 Å². The monoisotopic (exact) mass is 287 g/mol. The molecule has 0 unspecified atom stereocenters. The van der Waals surface area contributed by atoms with Gasteiger partial charge in [0.15, 0.2) is 0 Å². The minimum atomic E-state index is -0.232. The van der Waals surface area contributed by atoms with Gasteiger partial charge >= 0.3 is 0 Å². The van der Waals surface area contributed by atoms with Crippen molar-refractivity contribution in [2.24, 2.45) is 5.92 Å². The first-order chi connectivity index (χ1) is 9.93. The second-order valence-electron chi connectivity index (χ2n) is 5.30. The number of hydrogen-bond donors (Lipinski definition) is 1. The summed E-state index contributed by atoms with van der Waals surface area (Å²) in [7, 11) is 0. The number of carbonyl (C=O) groups is 2. The van der Waals surface area contributed by atoms with Gasteiger partial charge in [0.05, 0.1) is 11.6 Å². The third-order valence-electron chi connectivity index (χ3n) is 3.01. The SMILES string of the molecule is CC(=O)N(CC(=O)NCCC(C)C)c1cccc(C#N)c1. The number of anilines is 1. The van der Waals surface area contributed by atoms with E-state index in [0.717, 1.165) is 6.42 Å². The predicted octanol–water partition coefficient (Wildman–Crippen LogP) is 2.07. The Morgan fingerprint density at radius 3 is 2.67 bits per heavy atom. The zero-order valence-corrected chi connectivity index (χ0v) is 12.7. The summed E-state index contributed by atoms with van der Waals surface area (Å²) in [5, 5.41) is 11.7. The Morgan fingerprint density at radius 2 is 2.10 bits per heavy atom. The molecule has 0 aliphatic rings. The Balaban J connectivity index is 2.72. The van der Waals surface area contributed by atoms with Gasteiger partial charge in [0.1, 0.15) is 6.54 Å². The minimum Gasteiger partial charge on any atom is -0.355 e. The summed E-state index contributed by atoms with van der Waals surface area (Å²) in [6, 6.07) is 8.69. The Hall–Kier alpha value is -2.35. The molecule has 0 bridgehead atoms. The summed E-state index contributed by atoms with van der Waals surface area (Å²) in [6.07, 6.45) is 0.899. The van der Waals surface area contributed by atoms with Crippen LogP contribution in [-0.4, -0.2) is 24.9 Å². The normalized spacial score (nSPS) is 10.0. The molecule has 0 fully saturated rings. The number of nitriles is 1. The Labute approximate surface area is 125 Å². The van der Waals surface area contributed by atoms with Crippen molar-refractivity contribution in [3.05, 3.63) is 29.8 Å². The highest BCUT2D eigenvalue weighted by Gasteiger charge is 2.15. The van der Waals surface area contributed by atoms with Crippen LogP contribution in [0.15, 0.2) is 24.3 Å². The molecule has 21 heavy (non-hydrogen) atoms. The van der Waals surface area contributed by atoms with E-state index in [0.29, 0.717) is 23.7 Å². The third-order valence-corrected chi connectivity index (χ3v) is 3.01. The van der Waals surface area contributed by atoms with E-state index in [1.165, 1.54) is 11.8 Å². The molecule has 0 atom stereocenters. The molecular weight excluding hydrogens is 266 g/mol. The van der Waals surface area contributed by atoms with Gasteiger partial charge in [-0.05, 0) is 30.5 Å². The van der Waals surface area contributed by atoms with Gasteiger partial charge in [-0.2, -0.15) is 5.26 Å². The van der Waals surface area contributed by atoms with E-state index in [4.69, 9.17) is 5.26 Å². The van der Waals surface area contributed by atoms with Gasteiger partial charge in [0.25, 0.3) is 0 Å². The smallest absolute Gasteiger partial charge is 0.240 e. The first-order valence-electron chi connectivity index (χ1n) is 6.99. The van der Waals surface area contributed by atoms with Gasteiger partial charge in [-0.25, -0.2) is 0 Å². The quantitative estimate of drug-likeness (QED) is 0.870. The lowest BCUT2D eigenvalue weighted by Crippen LogP contribution is -2.40. The van der Waals surface area contributed by atoms with E-state index in [-0.39, 0.29) is 18.4 Å². The van der Waals surface area contributed by atoms with E-state index in [1.807, 2.05) is 6.07 Å². The lowest BCUT2D eigenvalue weighted by molar-refractivity contribution is -0.123. The number of benzene rings is 1. The Bertz CT molecular complexity index is 547. The van der Waals surface area contributed by atoms with Crippen molar-refractivity contribution in [1.82, 2.24) is 5.32 Å². The van der Waals surface area contributed by atoms with Gasteiger partial charge in [0, 0.05) is 19.2 Å². The van der Waals surface area contributed by atoms with Crippen molar-refractivity contribution >= 4 is 17.5 Å². The maximum absolute atomic E-state index is 11.9. The molecule has 0 aromatic heterocycles. The fraction of sp³-hybridized carbons (Fsp3) is 0.438. The highest BCUT2D eigenvalue weighted by molar-refractivity contribution is 5.97. The second kappa shape index (κ2) is 8.05. The topological polar surface area (TPSA) is 73.2 Å². The number of nitrogens with zero attached hydrogens (tertiary/aromatic N) is 2. The zero-order valence-electron chi connectivity index (χ0n) is 12.7. The molecule has 2 amide bonds. The van der Waals surface area contributed by atoms with Crippen LogP contribution in [0, 0.1) is 17.2 Å². The largest absolute Gasteiger partial charge is 0.355 e. The van der Waals surface area contributed by atoms with Gasteiger partial charge in [-0.3, -0.25) is 9.59 Å². The highest BCUT2D eigenvalue weighted by Crippen LogP contribution is 2.16. The number of carbonyl (C=O) groups excluding carboxylic acids is 2. The maximum atomic E-state index is 11.9. The van der Waals surface area contributed by atoms with Gasteiger partial charge in [-0.1, -0.05) is 19.9 Å². The summed E-state index contributed by atoms with van der Waals surface area (Å²) in [4.78, 5) is 25.0. The summed E-state index contributed by atoms with van der Waals surface area (Å²) in [5.41, 5.74) is 1.01. The molecule has 1 N–H and O–H groups in total. The molecule has 0 aliphatic carbocycles. The number of rotatable bonds is 6. The van der Waals surface area contributed by atoms with Crippen molar-refractivity contribution in [1.29, 1.82) is 5.26 Å². The number of hydrogen-bond acceptors (Lipinski definition) is 3. The fourth-order valence-electron chi connectivity index (χ4n) is 1.83. The summed E-state index contributed by atoms with van der Waals surface area (Å²) in [6.45, 7) is 6.13. The van der Waals surface area contributed by atoms with Crippen LogP contribution in [0.2, 0.25) is 0 Å². The highest BCUT2D eigenvalue weighted by atomic mass is 16.2. The molecule has 5 heteroatoms. The Morgan fingerprint density at radius 1 is 1.38 bits per heavy atom. The van der Waals surface area contributed by atoms with E-state index in [2.05, 4.69) is 19.2 Å². The van der Waals surface area contributed by atoms with Crippen LogP contribution < -0.4 is 10.2 Å². The fourth-order valence-corrected chi connectivity index (χ4v) is 1.83. The number of amides is 2. The maximum Gasteiger partial charge on any atom is 0.240 e. The summed E-state index contributed by atoms with van der Waals surface area (Å²) in [5.74, 6) is 0.0823. The van der Waals surface area contributed by atoms with E-state index in [9.17, 15) is 9.59 Å². The second-order valence-corrected chi connectivity index (χ2v) is 5.30. The van der Waals surface area contributed by atoms with Gasteiger partial charge < -0.3 is 10.2 Å². The average Bonchev–Trinajstić information content (AvgIpc) is 2.44. The standard InChI is InChI=1S/C16H21N3O2/c1-12(2)7-8-18-16(21)11-19(13(3)20)15-6-4-5-14(9-15)10-17/h4-6,9,12H,7-8,11H2,1-3H3,(H,18,21). The lowest BCUT2D eigenvalue weighted by Gasteiger charge is -2.21. The Kier molecular flexibility index (Phi) is 6.41. The van der Waals surface area contributed by atoms with Crippen LogP contribution in [0.1, 0.15) is 32.8 Å². The molecule has 1 aromatic carbocycles. The van der Waals surface area contributed by atoms with E-state index in [1.54, 1.807) is 24.3 Å². The first-order valence-corrected chi connectivity index (χ1v) is 6.99. The predicted molar refractivity (Wildman–Crippen MR) is 81.6 cm³/mol. The molecule has 0 saturated carbocycles. The van der Waals surface area contributed by atoms with Crippen LogP contribution in [0.25, 0.3) is 0 Å². The van der Waals surface area contributed by atoms with E-state index < -0.39 is 0 Å². The lowest BCUT2D eigenvalue weighted by atomic mass is 10.1. The molecule has 112 valence electrons. The van der Waals surface area contributed by atoms with E-state index >= 15 is 0 Å². The summed E-state index contributed by atoms with van der Waals surface area (Å²) < 4.78 is 0. The summed E-state index contributed by atoms with van der Waals surface area (Å²) >= 11 is 0. The molecule has 0 aliphatic heterocycles. The molecule has 1 rings (SSSR count). The number of nitrogens with one attached hydrogen (secondary N) is 1. The molecule has 1 aromatic rings. The zero-order chi connectivity index (χ0) is 15.8.